The standard InChI is InChI=1S/C21H21N3O6/c1-22-21(26)20-18(23(27)16-5-3-4-6-17(16)24(20)28)13-30-15-10-7-14(8-11-15)9-12-19(25)29-2/h3-8,10-11H,9,12-13H2,1-2H3,(H,22,26). The second-order valence-corrected chi connectivity index (χ2v) is 6.46. The number of carbonyl (C=O) groups excluding carboxylic acids is 2. The highest BCUT2D eigenvalue weighted by atomic mass is 16.5. The van der Waals surface area contributed by atoms with Gasteiger partial charge in [-0.1, -0.05) is 24.3 Å². The van der Waals surface area contributed by atoms with Gasteiger partial charge in [-0.3, -0.25) is 9.59 Å². The van der Waals surface area contributed by atoms with E-state index in [2.05, 4.69) is 10.1 Å². The van der Waals surface area contributed by atoms with Gasteiger partial charge in [0.05, 0.1) is 11.5 Å². The Morgan fingerprint density at radius 2 is 1.83 bits per heavy atom. The molecule has 0 atom stereocenters. The number of benzene rings is 2. The van der Waals surface area contributed by atoms with Gasteiger partial charge in [0.1, 0.15) is 23.6 Å². The van der Waals surface area contributed by atoms with E-state index < -0.39 is 5.91 Å². The summed E-state index contributed by atoms with van der Waals surface area (Å²) in [5.74, 6) is -0.526. The Labute approximate surface area is 172 Å². The van der Waals surface area contributed by atoms with Crippen LogP contribution in [0, 0.1) is 10.1 Å². The van der Waals surface area contributed by atoms with E-state index >= 15 is 0 Å². The van der Waals surface area contributed by atoms with Crippen molar-refractivity contribution in [3.8, 4) is 5.75 Å². The molecule has 30 heavy (non-hydrogen) atoms. The molecule has 3 rings (SSSR count). The normalized spacial score (nSPS) is 10.6. The first-order chi connectivity index (χ1) is 14.5. The van der Waals surface area contributed by atoms with Crippen LogP contribution in [-0.4, -0.2) is 30.8 Å². The summed E-state index contributed by atoms with van der Waals surface area (Å²) in [5.41, 5.74) is 0.723. The van der Waals surface area contributed by atoms with Crippen molar-refractivity contribution < 1.29 is 23.5 Å². The van der Waals surface area contributed by atoms with E-state index in [0.29, 0.717) is 21.3 Å². The minimum Gasteiger partial charge on any atom is -0.805 e. The number of rotatable bonds is 7. The van der Waals surface area contributed by atoms with Crippen LogP contribution in [-0.2, 0) is 22.6 Å². The highest BCUT2D eigenvalue weighted by molar-refractivity contribution is 5.92. The number of fused-ring (bicyclic) bond motifs is 1. The van der Waals surface area contributed by atoms with Gasteiger partial charge >= 0.3 is 17.6 Å². The molecule has 2 aromatic carbocycles. The van der Waals surface area contributed by atoms with Gasteiger partial charge in [-0.15, -0.1) is 0 Å². The van der Waals surface area contributed by atoms with Gasteiger partial charge in [-0.2, -0.15) is 0 Å². The summed E-state index contributed by atoms with van der Waals surface area (Å²) in [7, 11) is 2.72. The second kappa shape index (κ2) is 9.08. The summed E-state index contributed by atoms with van der Waals surface area (Å²) in [4.78, 5) is 36.2. The Balaban J connectivity index is 1.87. The predicted octanol–water partition coefficient (Wildman–Crippen LogP) is 1.95. The van der Waals surface area contributed by atoms with E-state index in [4.69, 9.17) is 4.74 Å². The van der Waals surface area contributed by atoms with Crippen LogP contribution in [0.1, 0.15) is 28.2 Å². The fourth-order valence-corrected chi connectivity index (χ4v) is 3.01. The van der Waals surface area contributed by atoms with E-state index in [1.54, 1.807) is 36.4 Å². The Bertz CT molecular complexity index is 1140. The Morgan fingerprint density at radius 1 is 1.13 bits per heavy atom. The summed E-state index contributed by atoms with van der Waals surface area (Å²) in [5, 5.41) is 15.2. The summed E-state index contributed by atoms with van der Waals surface area (Å²) >= 11 is 0. The maximum absolute atomic E-state index is 12.8. The maximum atomic E-state index is 12.8. The SMILES string of the molecule is CNC(=O)c1c(COc2ccc(CCC(=O)OC)cc2)n([O-])c2ccccc2[n+]1=O. The van der Waals surface area contributed by atoms with Crippen LogP contribution in [0.3, 0.4) is 0 Å². The number of carbonyl (C=O) groups is 2. The van der Waals surface area contributed by atoms with Gasteiger partial charge in [0.25, 0.3) is 5.52 Å². The lowest BCUT2D eigenvalue weighted by atomic mass is 10.1. The maximum Gasteiger partial charge on any atom is 0.350 e. The first kappa shape index (κ1) is 20.8. The third-order valence-corrected chi connectivity index (χ3v) is 4.63. The van der Waals surface area contributed by atoms with Crippen molar-refractivity contribution in [3.63, 3.8) is 0 Å². The fourth-order valence-electron chi connectivity index (χ4n) is 3.01. The minimum absolute atomic E-state index is 0.0878. The van der Waals surface area contributed by atoms with Gasteiger partial charge in [-0.25, -0.2) is 0 Å². The van der Waals surface area contributed by atoms with Crippen molar-refractivity contribution in [2.75, 3.05) is 14.2 Å². The number of hydrogen-bond donors (Lipinski definition) is 1. The number of aromatic nitrogens is 2. The molecule has 1 N–H and O–H groups in total. The third kappa shape index (κ3) is 4.24. The number of nitrogens with one attached hydrogen (secondary N) is 1. The number of para-hydroxylation sites is 2. The van der Waals surface area contributed by atoms with Gasteiger partial charge in [0.2, 0.25) is 0 Å². The first-order valence-electron chi connectivity index (χ1n) is 9.23. The average Bonchev–Trinajstić information content (AvgIpc) is 2.79. The van der Waals surface area contributed by atoms with Gasteiger partial charge in [0.15, 0.2) is 0 Å². The molecule has 0 fully saturated rings. The van der Waals surface area contributed by atoms with Crippen LogP contribution in [0.25, 0.3) is 11.0 Å². The molecule has 9 heteroatoms. The minimum atomic E-state index is -0.683. The Hall–Kier alpha value is -3.88. The summed E-state index contributed by atoms with van der Waals surface area (Å²) in [6, 6.07) is 13.2. The molecule has 0 aliphatic carbocycles. The van der Waals surface area contributed by atoms with Crippen molar-refractivity contribution in [3.05, 3.63) is 75.6 Å². The molecule has 0 aliphatic heterocycles. The van der Waals surface area contributed by atoms with Crippen molar-refractivity contribution in [1.82, 2.24) is 10.0 Å². The van der Waals surface area contributed by atoms with E-state index in [-0.39, 0.29) is 41.4 Å². The molecule has 0 unspecified atom stereocenters. The van der Waals surface area contributed by atoms with Crippen LogP contribution in [0.2, 0.25) is 0 Å². The summed E-state index contributed by atoms with van der Waals surface area (Å²) in [6.45, 7) is -0.277. The Kier molecular flexibility index (Phi) is 6.31. The number of nitrogens with zero attached hydrogens (tertiary/aromatic N) is 2. The molecule has 0 aliphatic rings. The van der Waals surface area contributed by atoms with Crippen molar-refractivity contribution in [2.24, 2.45) is 0 Å². The lowest BCUT2D eigenvalue weighted by Gasteiger charge is -2.19. The predicted molar refractivity (Wildman–Crippen MR) is 109 cm³/mol. The van der Waals surface area contributed by atoms with Crippen LogP contribution in [0.4, 0.5) is 0 Å². The number of aryl methyl sites for hydroxylation is 1. The molecule has 0 saturated carbocycles. The van der Waals surface area contributed by atoms with E-state index in [9.17, 15) is 19.7 Å². The number of methoxy groups -OCH3 is 1. The molecular weight excluding hydrogens is 390 g/mol. The molecule has 156 valence electrons. The molecule has 3 aromatic rings. The fraction of sp³-hybridized carbons (Fsp3) is 0.238. The van der Waals surface area contributed by atoms with Gasteiger partial charge < -0.3 is 24.7 Å². The summed E-state index contributed by atoms with van der Waals surface area (Å²) in [6.07, 6.45) is 0.790. The Morgan fingerprint density at radius 3 is 2.50 bits per heavy atom. The molecule has 1 aromatic heterocycles. The molecule has 1 heterocycles. The highest BCUT2D eigenvalue weighted by Gasteiger charge is 2.28. The number of amides is 1. The third-order valence-electron chi connectivity index (χ3n) is 4.63. The molecule has 0 bridgehead atoms. The van der Waals surface area contributed by atoms with Gasteiger partial charge in [0, 0.05) is 24.4 Å². The topological polar surface area (TPSA) is 116 Å². The molecule has 0 radical (unpaired) electrons. The van der Waals surface area contributed by atoms with Crippen molar-refractivity contribution in [2.45, 2.75) is 19.4 Å². The number of hydrogen-bond acceptors (Lipinski definition) is 6. The highest BCUT2D eigenvalue weighted by Crippen LogP contribution is 2.19. The zero-order valence-electron chi connectivity index (χ0n) is 16.6. The molecule has 9 nitrogen and oxygen atoms in total. The van der Waals surface area contributed by atoms with E-state index in [0.717, 1.165) is 5.56 Å². The monoisotopic (exact) mass is 411 g/mol. The molecule has 0 saturated heterocycles. The average molecular weight is 411 g/mol. The van der Waals surface area contributed by atoms with Crippen LogP contribution >= 0.6 is 0 Å². The summed E-state index contributed by atoms with van der Waals surface area (Å²) < 4.78 is 11.3. The van der Waals surface area contributed by atoms with Crippen LogP contribution in [0.5, 0.6) is 5.75 Å². The van der Waals surface area contributed by atoms with Crippen molar-refractivity contribution >= 4 is 22.9 Å². The van der Waals surface area contributed by atoms with E-state index in [1.807, 2.05) is 0 Å². The van der Waals surface area contributed by atoms with Crippen molar-refractivity contribution in [1.29, 1.82) is 0 Å². The quantitative estimate of drug-likeness (QED) is 0.469. The number of esters is 1. The molecular formula is C21H21N3O6. The molecule has 1 amide bonds. The largest absolute Gasteiger partial charge is 0.805 e. The lowest BCUT2D eigenvalue weighted by Crippen LogP contribution is -2.36. The van der Waals surface area contributed by atoms with E-state index in [1.165, 1.54) is 26.3 Å². The number of ether oxygens (including phenoxy) is 2. The molecule has 0 spiro atoms. The van der Waals surface area contributed by atoms with Crippen LogP contribution < -0.4 is 14.5 Å². The second-order valence-electron chi connectivity index (χ2n) is 6.46. The lowest BCUT2D eigenvalue weighted by molar-refractivity contribution is -0.468. The first-order valence-corrected chi connectivity index (χ1v) is 9.23. The zero-order valence-corrected chi connectivity index (χ0v) is 16.6. The van der Waals surface area contributed by atoms with Gasteiger partial charge in [-0.05, 0) is 30.2 Å². The zero-order chi connectivity index (χ0) is 21.7. The smallest absolute Gasteiger partial charge is 0.350 e. The van der Waals surface area contributed by atoms with Crippen LogP contribution in [0.15, 0.2) is 48.5 Å².